The van der Waals surface area contributed by atoms with E-state index in [0.717, 1.165) is 18.7 Å². The van der Waals surface area contributed by atoms with Gasteiger partial charge in [0.15, 0.2) is 0 Å². The van der Waals surface area contributed by atoms with Gasteiger partial charge in [0.25, 0.3) is 0 Å². The predicted molar refractivity (Wildman–Crippen MR) is 68.4 cm³/mol. The van der Waals surface area contributed by atoms with Crippen LogP contribution < -0.4 is 4.90 Å². The number of halogens is 1. The highest BCUT2D eigenvalue weighted by Gasteiger charge is 2.28. The molecule has 1 fully saturated rings. The van der Waals surface area contributed by atoms with E-state index in [1.54, 1.807) is 6.07 Å². The van der Waals surface area contributed by atoms with Crippen LogP contribution in [-0.4, -0.2) is 25.8 Å². The normalized spacial score (nSPS) is 23.4. The molecule has 2 unspecified atom stereocenters. The van der Waals surface area contributed by atoms with Crippen molar-refractivity contribution >= 4 is 17.3 Å². The molecule has 2 rings (SSSR count). The maximum absolute atomic E-state index is 8.83. The summed E-state index contributed by atoms with van der Waals surface area (Å²) < 4.78 is 5.56. The topological polar surface area (TPSA) is 36.3 Å². The highest BCUT2D eigenvalue weighted by Crippen LogP contribution is 2.27. The van der Waals surface area contributed by atoms with Crippen LogP contribution in [0.1, 0.15) is 18.9 Å². The van der Waals surface area contributed by atoms with Crippen LogP contribution >= 0.6 is 11.6 Å². The number of likely N-dealkylation sites (N-methyl/N-ethyl adjacent to an activating group) is 1. The Hall–Kier alpha value is -1.24. The molecule has 0 spiro atoms. The van der Waals surface area contributed by atoms with Gasteiger partial charge >= 0.3 is 0 Å². The molecule has 0 amide bonds. The lowest BCUT2D eigenvalue weighted by Crippen LogP contribution is -2.36. The van der Waals surface area contributed by atoms with E-state index in [4.69, 9.17) is 21.6 Å². The molecule has 0 aromatic heterocycles. The van der Waals surface area contributed by atoms with Crippen molar-refractivity contribution in [2.75, 3.05) is 18.6 Å². The number of nitriles is 1. The Morgan fingerprint density at radius 2 is 2.29 bits per heavy atom. The summed E-state index contributed by atoms with van der Waals surface area (Å²) in [5.41, 5.74) is 1.54. The highest BCUT2D eigenvalue weighted by atomic mass is 35.5. The average molecular weight is 251 g/mol. The molecule has 0 saturated carbocycles. The van der Waals surface area contributed by atoms with Gasteiger partial charge in [0, 0.05) is 19.3 Å². The van der Waals surface area contributed by atoms with E-state index in [1.807, 2.05) is 19.2 Å². The number of rotatable bonds is 2. The van der Waals surface area contributed by atoms with E-state index in [0.29, 0.717) is 16.6 Å². The lowest BCUT2D eigenvalue weighted by atomic mass is 10.1. The van der Waals surface area contributed by atoms with Crippen molar-refractivity contribution < 1.29 is 4.74 Å². The summed E-state index contributed by atoms with van der Waals surface area (Å²) in [6, 6.07) is 7.96. The van der Waals surface area contributed by atoms with E-state index in [1.165, 1.54) is 0 Å². The van der Waals surface area contributed by atoms with Crippen LogP contribution in [0.5, 0.6) is 0 Å². The quantitative estimate of drug-likeness (QED) is 0.810. The van der Waals surface area contributed by atoms with Crippen LogP contribution in [0.3, 0.4) is 0 Å². The van der Waals surface area contributed by atoms with Crippen molar-refractivity contribution in [1.82, 2.24) is 0 Å². The van der Waals surface area contributed by atoms with E-state index in [9.17, 15) is 0 Å². The molecular formula is C13H15ClN2O. The summed E-state index contributed by atoms with van der Waals surface area (Å²) >= 11 is 6.04. The number of hydrogen-bond donors (Lipinski definition) is 0. The average Bonchev–Trinajstić information content (AvgIpc) is 2.74. The third kappa shape index (κ3) is 2.38. The van der Waals surface area contributed by atoms with E-state index < -0.39 is 0 Å². The fourth-order valence-corrected chi connectivity index (χ4v) is 2.45. The summed E-state index contributed by atoms with van der Waals surface area (Å²) in [6.45, 7) is 2.89. The first kappa shape index (κ1) is 12.2. The van der Waals surface area contributed by atoms with Crippen molar-refractivity contribution in [3.05, 3.63) is 28.8 Å². The Labute approximate surface area is 107 Å². The molecule has 1 aliphatic rings. The number of nitrogens with zero attached hydrogens (tertiary/aromatic N) is 2. The zero-order valence-electron chi connectivity index (χ0n) is 9.98. The minimum absolute atomic E-state index is 0.231. The summed E-state index contributed by atoms with van der Waals surface area (Å²) in [5.74, 6) is 0. The van der Waals surface area contributed by atoms with E-state index in [-0.39, 0.29) is 6.10 Å². The molecule has 1 aliphatic heterocycles. The first-order valence-corrected chi connectivity index (χ1v) is 6.05. The Balaban J connectivity index is 2.22. The molecule has 1 saturated heterocycles. The first-order valence-electron chi connectivity index (χ1n) is 5.67. The molecule has 2 atom stereocenters. The fraction of sp³-hybridized carbons (Fsp3) is 0.462. The van der Waals surface area contributed by atoms with Gasteiger partial charge in [0.2, 0.25) is 0 Å². The van der Waals surface area contributed by atoms with Gasteiger partial charge in [-0.1, -0.05) is 11.6 Å². The molecule has 4 heteroatoms. The van der Waals surface area contributed by atoms with Crippen LogP contribution in [0.2, 0.25) is 5.02 Å². The Kier molecular flexibility index (Phi) is 3.56. The molecule has 1 heterocycles. The Morgan fingerprint density at radius 3 is 2.82 bits per heavy atom. The Bertz CT molecular complexity index is 455. The van der Waals surface area contributed by atoms with Crippen molar-refractivity contribution in [3.8, 4) is 6.07 Å². The molecule has 1 aromatic carbocycles. The predicted octanol–water partition coefficient (Wildman–Crippen LogP) is 2.83. The van der Waals surface area contributed by atoms with Gasteiger partial charge in [0.05, 0.1) is 22.7 Å². The summed E-state index contributed by atoms with van der Waals surface area (Å²) in [7, 11) is 2.04. The third-order valence-corrected chi connectivity index (χ3v) is 3.63. The van der Waals surface area contributed by atoms with Crippen molar-refractivity contribution in [1.29, 1.82) is 5.26 Å². The van der Waals surface area contributed by atoms with Crippen molar-refractivity contribution in [3.63, 3.8) is 0 Å². The van der Waals surface area contributed by atoms with Crippen LogP contribution in [-0.2, 0) is 4.74 Å². The van der Waals surface area contributed by atoms with E-state index in [2.05, 4.69) is 17.9 Å². The minimum atomic E-state index is 0.231. The minimum Gasteiger partial charge on any atom is -0.376 e. The van der Waals surface area contributed by atoms with Gasteiger partial charge in [-0.2, -0.15) is 5.26 Å². The zero-order valence-corrected chi connectivity index (χ0v) is 10.7. The lowest BCUT2D eigenvalue weighted by Gasteiger charge is -2.29. The second-order valence-corrected chi connectivity index (χ2v) is 4.73. The van der Waals surface area contributed by atoms with Crippen molar-refractivity contribution in [2.24, 2.45) is 0 Å². The maximum atomic E-state index is 8.83. The molecule has 0 N–H and O–H groups in total. The van der Waals surface area contributed by atoms with Crippen LogP contribution in [0, 0.1) is 11.3 Å². The van der Waals surface area contributed by atoms with Crippen LogP contribution in [0.15, 0.2) is 18.2 Å². The molecule has 1 aromatic rings. The van der Waals surface area contributed by atoms with E-state index >= 15 is 0 Å². The van der Waals surface area contributed by atoms with Gasteiger partial charge in [-0.05, 0) is 31.5 Å². The molecule has 0 radical (unpaired) electrons. The number of hydrogen-bond acceptors (Lipinski definition) is 3. The van der Waals surface area contributed by atoms with Gasteiger partial charge in [-0.15, -0.1) is 0 Å². The molecular weight excluding hydrogens is 236 g/mol. The zero-order chi connectivity index (χ0) is 12.4. The fourth-order valence-electron chi connectivity index (χ4n) is 2.23. The SMILES string of the molecule is CC1OCCC1N(C)c1ccc(C#N)c(Cl)c1. The number of ether oxygens (including phenoxy) is 1. The smallest absolute Gasteiger partial charge is 0.101 e. The first-order chi connectivity index (χ1) is 8.13. The summed E-state index contributed by atoms with van der Waals surface area (Å²) in [5, 5.41) is 9.34. The second kappa shape index (κ2) is 4.95. The number of anilines is 1. The van der Waals surface area contributed by atoms with Gasteiger partial charge in [-0.25, -0.2) is 0 Å². The summed E-state index contributed by atoms with van der Waals surface area (Å²) in [6.07, 6.45) is 1.25. The summed E-state index contributed by atoms with van der Waals surface area (Å²) in [4.78, 5) is 2.17. The molecule has 3 nitrogen and oxygen atoms in total. The standard InChI is InChI=1S/C13H15ClN2O/c1-9-13(5-6-17-9)16(2)11-4-3-10(8-15)12(14)7-11/h3-4,7,9,13H,5-6H2,1-2H3. The lowest BCUT2D eigenvalue weighted by molar-refractivity contribution is 0.118. The number of benzene rings is 1. The van der Waals surface area contributed by atoms with Crippen LogP contribution in [0.25, 0.3) is 0 Å². The highest BCUT2D eigenvalue weighted by molar-refractivity contribution is 6.32. The van der Waals surface area contributed by atoms with Gasteiger partial charge < -0.3 is 9.64 Å². The second-order valence-electron chi connectivity index (χ2n) is 4.32. The molecule has 17 heavy (non-hydrogen) atoms. The molecule has 0 aliphatic carbocycles. The third-order valence-electron chi connectivity index (χ3n) is 3.31. The molecule has 0 bridgehead atoms. The van der Waals surface area contributed by atoms with Crippen molar-refractivity contribution in [2.45, 2.75) is 25.5 Å². The Morgan fingerprint density at radius 1 is 1.53 bits per heavy atom. The molecule has 90 valence electrons. The van der Waals surface area contributed by atoms with Gasteiger partial charge in [-0.3, -0.25) is 0 Å². The van der Waals surface area contributed by atoms with Gasteiger partial charge in [0.1, 0.15) is 6.07 Å². The largest absolute Gasteiger partial charge is 0.376 e. The maximum Gasteiger partial charge on any atom is 0.101 e. The monoisotopic (exact) mass is 250 g/mol. The van der Waals surface area contributed by atoms with Crippen LogP contribution in [0.4, 0.5) is 5.69 Å².